The van der Waals surface area contributed by atoms with E-state index >= 15 is 0 Å². The number of allylic oxidation sites excluding steroid dienone is 13. The molecule has 1 amide bonds. The number of rotatable bonds is 56. The van der Waals surface area contributed by atoms with Gasteiger partial charge in [-0.2, -0.15) is 0 Å². The average Bonchev–Trinajstić information content (AvgIpc) is 3.38. The number of ether oxygens (including phenoxy) is 1. The summed E-state index contributed by atoms with van der Waals surface area (Å²) in [5.74, 6) is -0.552. The summed E-state index contributed by atoms with van der Waals surface area (Å²) in [6.45, 7) is 6.85. The molecule has 10 heteroatoms. The van der Waals surface area contributed by atoms with E-state index in [1.54, 1.807) is 0 Å². The maximum Gasteiger partial charge on any atom is 0.472 e. The zero-order valence-electron chi connectivity index (χ0n) is 50.2. The third kappa shape index (κ3) is 55.9. The first-order valence-electron chi connectivity index (χ1n) is 31.5. The Hall–Kier alpha value is -2.81. The first kappa shape index (κ1) is 73.2. The number of carbonyl (C=O) groups is 2. The molecule has 0 aromatic rings. The van der Waals surface area contributed by atoms with Gasteiger partial charge in [0.2, 0.25) is 5.91 Å². The molecule has 0 aliphatic heterocycles. The number of quaternary nitrogens is 1. The Morgan fingerprint density at radius 2 is 0.842 bits per heavy atom. The van der Waals surface area contributed by atoms with E-state index in [1.165, 1.54) is 167 Å². The number of phosphoric ester groups is 1. The highest BCUT2D eigenvalue weighted by Gasteiger charge is 2.30. The van der Waals surface area contributed by atoms with Crippen molar-refractivity contribution in [2.75, 3.05) is 40.9 Å². The van der Waals surface area contributed by atoms with Gasteiger partial charge in [0.05, 0.1) is 33.8 Å². The predicted octanol–water partition coefficient (Wildman–Crippen LogP) is 19.4. The zero-order chi connectivity index (χ0) is 55.7. The molecule has 0 fully saturated rings. The Balaban J connectivity index is 5.28. The van der Waals surface area contributed by atoms with Crippen molar-refractivity contribution >= 4 is 19.7 Å². The number of phosphoric acid groups is 1. The van der Waals surface area contributed by atoms with Crippen LogP contribution in [0.4, 0.5) is 0 Å². The fourth-order valence-electron chi connectivity index (χ4n) is 8.91. The van der Waals surface area contributed by atoms with Gasteiger partial charge >= 0.3 is 13.8 Å². The van der Waals surface area contributed by atoms with Crippen LogP contribution in [0.2, 0.25) is 0 Å². The van der Waals surface area contributed by atoms with Crippen molar-refractivity contribution in [2.24, 2.45) is 0 Å². The van der Waals surface area contributed by atoms with Crippen molar-refractivity contribution in [1.29, 1.82) is 0 Å². The molecule has 440 valence electrons. The zero-order valence-corrected chi connectivity index (χ0v) is 51.1. The number of likely N-dealkylation sites (N-methyl/N-ethyl adjacent to an activating group) is 1. The second kappa shape index (κ2) is 55.5. The van der Waals surface area contributed by atoms with Crippen molar-refractivity contribution in [3.8, 4) is 0 Å². The minimum Gasteiger partial charge on any atom is -0.456 e. The molecule has 0 rings (SSSR count). The quantitative estimate of drug-likeness (QED) is 0.0156. The lowest BCUT2D eigenvalue weighted by molar-refractivity contribution is -0.870. The summed E-state index contributed by atoms with van der Waals surface area (Å²) in [5, 5.41) is 3.03. The normalized spacial score (nSPS) is 14.2. The molecule has 0 aromatic carbocycles. The SMILES string of the molecule is CC\C=C/C=C/C=C/C=C\C=C\C=C\CCCCCC(=O)NC(COP(=O)(O)OCC[N+](C)(C)C)C(/C=C/CCCCCCCCCCCC)OC(=O)CCCCCCCCCCCCCCCCCCCCCCC. The van der Waals surface area contributed by atoms with Crippen LogP contribution in [0.3, 0.4) is 0 Å². The molecule has 0 saturated carbocycles. The first-order valence-corrected chi connectivity index (χ1v) is 33.0. The number of amides is 1. The van der Waals surface area contributed by atoms with Crippen molar-refractivity contribution in [1.82, 2.24) is 5.32 Å². The fourth-order valence-corrected chi connectivity index (χ4v) is 9.65. The lowest BCUT2D eigenvalue weighted by Crippen LogP contribution is -2.47. The Morgan fingerprint density at radius 3 is 1.28 bits per heavy atom. The Morgan fingerprint density at radius 1 is 0.474 bits per heavy atom. The fraction of sp³-hybridized carbons (Fsp3) is 0.758. The van der Waals surface area contributed by atoms with Crippen LogP contribution >= 0.6 is 7.82 Å². The smallest absolute Gasteiger partial charge is 0.456 e. The second-order valence-electron chi connectivity index (χ2n) is 22.4. The van der Waals surface area contributed by atoms with Gasteiger partial charge in [-0.05, 0) is 51.0 Å². The van der Waals surface area contributed by atoms with Crippen molar-refractivity contribution in [3.05, 3.63) is 85.1 Å². The van der Waals surface area contributed by atoms with Gasteiger partial charge in [-0.25, -0.2) is 4.57 Å². The molecule has 2 N–H and O–H groups in total. The minimum atomic E-state index is -4.46. The Labute approximate surface area is 469 Å². The van der Waals surface area contributed by atoms with E-state index in [2.05, 4.69) is 38.2 Å². The molecule has 0 saturated heterocycles. The monoisotopic (exact) mass is 1080 g/mol. The van der Waals surface area contributed by atoms with E-state index in [4.69, 9.17) is 13.8 Å². The molecule has 0 radical (unpaired) electrons. The second-order valence-corrected chi connectivity index (χ2v) is 23.8. The largest absolute Gasteiger partial charge is 0.472 e. The van der Waals surface area contributed by atoms with Gasteiger partial charge in [0, 0.05) is 12.8 Å². The van der Waals surface area contributed by atoms with Gasteiger partial charge < -0.3 is 19.4 Å². The van der Waals surface area contributed by atoms with Gasteiger partial charge in [-0.15, -0.1) is 0 Å². The first-order chi connectivity index (χ1) is 36.9. The van der Waals surface area contributed by atoms with Crippen LogP contribution < -0.4 is 5.32 Å². The third-order valence-electron chi connectivity index (χ3n) is 13.8. The number of esters is 1. The molecular weight excluding hydrogens is 964 g/mol. The lowest BCUT2D eigenvalue weighted by atomic mass is 10.0. The van der Waals surface area contributed by atoms with Crippen molar-refractivity contribution in [2.45, 2.75) is 283 Å². The van der Waals surface area contributed by atoms with Crippen LogP contribution in [-0.2, 0) is 27.9 Å². The topological polar surface area (TPSA) is 111 Å². The lowest BCUT2D eigenvalue weighted by Gasteiger charge is -2.27. The Kier molecular flexibility index (Phi) is 53.5. The molecule has 76 heavy (non-hydrogen) atoms. The number of nitrogens with one attached hydrogen (secondary N) is 1. The van der Waals surface area contributed by atoms with Gasteiger partial charge in [-0.3, -0.25) is 18.6 Å². The molecule has 3 unspecified atom stereocenters. The number of unbranched alkanes of at least 4 members (excludes halogenated alkanes) is 33. The molecule has 0 spiro atoms. The number of hydrogen-bond donors (Lipinski definition) is 2. The summed E-state index contributed by atoms with van der Waals surface area (Å²) in [7, 11) is 1.46. The van der Waals surface area contributed by atoms with Crippen LogP contribution in [0.15, 0.2) is 85.1 Å². The molecule has 0 aromatic heterocycles. The van der Waals surface area contributed by atoms with E-state index < -0.39 is 20.0 Å². The van der Waals surface area contributed by atoms with E-state index in [9.17, 15) is 19.0 Å². The summed E-state index contributed by atoms with van der Waals surface area (Å²) in [6.07, 6.45) is 73.0. The van der Waals surface area contributed by atoms with Gasteiger partial charge in [0.1, 0.15) is 19.3 Å². The molecule has 0 aliphatic rings. The van der Waals surface area contributed by atoms with Crippen LogP contribution in [-0.4, -0.2) is 74.3 Å². The van der Waals surface area contributed by atoms with Gasteiger partial charge in [0.15, 0.2) is 0 Å². The summed E-state index contributed by atoms with van der Waals surface area (Å²) in [4.78, 5) is 37.7. The number of hydrogen-bond acceptors (Lipinski definition) is 6. The summed E-state index contributed by atoms with van der Waals surface area (Å²) >= 11 is 0. The average molecular weight is 1080 g/mol. The highest BCUT2D eigenvalue weighted by Crippen LogP contribution is 2.43. The number of carbonyl (C=O) groups excluding carboxylic acids is 2. The van der Waals surface area contributed by atoms with Crippen molar-refractivity contribution < 1.29 is 37.3 Å². The van der Waals surface area contributed by atoms with Crippen LogP contribution in [0.25, 0.3) is 0 Å². The van der Waals surface area contributed by atoms with Gasteiger partial charge in [-0.1, -0.05) is 292 Å². The van der Waals surface area contributed by atoms with Gasteiger partial charge in [0.25, 0.3) is 0 Å². The maximum atomic E-state index is 13.5. The van der Waals surface area contributed by atoms with E-state index in [1.807, 2.05) is 94.1 Å². The van der Waals surface area contributed by atoms with E-state index in [-0.39, 0.29) is 37.9 Å². The summed E-state index contributed by atoms with van der Waals surface area (Å²) < 4.78 is 30.7. The Bertz CT molecular complexity index is 1580. The highest BCUT2D eigenvalue weighted by atomic mass is 31.2. The minimum absolute atomic E-state index is 0.0285. The molecule has 0 bridgehead atoms. The summed E-state index contributed by atoms with van der Waals surface area (Å²) in [6, 6.07) is -0.874. The molecular formula is C66H120N2O7P+. The molecule has 9 nitrogen and oxygen atoms in total. The highest BCUT2D eigenvalue weighted by molar-refractivity contribution is 7.47. The van der Waals surface area contributed by atoms with Crippen molar-refractivity contribution in [3.63, 3.8) is 0 Å². The number of nitrogens with zero attached hydrogens (tertiary/aromatic N) is 1. The van der Waals surface area contributed by atoms with E-state index in [0.29, 0.717) is 17.4 Å². The summed E-state index contributed by atoms with van der Waals surface area (Å²) in [5.41, 5.74) is 0. The third-order valence-corrected chi connectivity index (χ3v) is 14.7. The van der Waals surface area contributed by atoms with Crippen LogP contribution in [0.1, 0.15) is 271 Å². The molecule has 3 atom stereocenters. The maximum absolute atomic E-state index is 13.5. The predicted molar refractivity (Wildman–Crippen MR) is 328 cm³/mol. The standard InChI is InChI=1S/C66H119N2O7P/c1-7-10-13-16-19-22-25-28-30-32-33-34-35-37-39-41-44-47-50-53-56-59-66(70)75-64(57-54-51-48-45-42-27-24-21-18-15-12-9-3)63(62-74-76(71,72)73-61-60-68(4,5)6)67-65(69)58-55-52-49-46-43-40-38-36-31-29-26-23-20-17-14-11-8-2/h11,14,17,20,23,26,29,31,36,38,40,43,54,57,63-64H,7-10,12-13,15-16,18-19,21-22,24-25,27-28,30,32-35,37,39,41-42,44-53,55-56,58-62H2,1-6H3,(H-,67,69,71,72)/p+1/b14-11-,20-17+,26-23+,31-29-,38-36+,43-40+,57-54+. The van der Waals surface area contributed by atoms with Crippen LogP contribution in [0.5, 0.6) is 0 Å². The van der Waals surface area contributed by atoms with E-state index in [0.717, 1.165) is 64.2 Å². The molecule has 0 heterocycles. The molecule has 0 aliphatic carbocycles. The van der Waals surface area contributed by atoms with Crippen LogP contribution in [0, 0.1) is 0 Å².